The lowest BCUT2D eigenvalue weighted by molar-refractivity contribution is -0.137. The van der Waals surface area contributed by atoms with Gasteiger partial charge in [0.2, 0.25) is 0 Å². The normalized spacial score (nSPS) is 15.8. The summed E-state index contributed by atoms with van der Waals surface area (Å²) < 4.78 is 20.6. The van der Waals surface area contributed by atoms with E-state index in [2.05, 4.69) is 17.0 Å². The molecule has 0 spiro atoms. The van der Waals surface area contributed by atoms with Gasteiger partial charge in [-0.05, 0) is 70.7 Å². The molecule has 0 aliphatic carbocycles. The van der Waals surface area contributed by atoms with Gasteiger partial charge < -0.3 is 14.5 Å². The number of aliphatic carboxylic acids is 1. The lowest BCUT2D eigenvalue weighted by atomic mass is 9.91. The zero-order chi connectivity index (χ0) is 29.9. The van der Waals surface area contributed by atoms with Gasteiger partial charge in [0.25, 0.3) is 5.56 Å². The second-order valence-electron chi connectivity index (χ2n) is 11.8. The molecular formula is C33H47FN4O4. The molecule has 2 aliphatic rings. The zero-order valence-electron chi connectivity index (χ0n) is 25.4. The summed E-state index contributed by atoms with van der Waals surface area (Å²) in [6.45, 7) is 7.75. The lowest BCUT2D eigenvalue weighted by Gasteiger charge is -2.31. The van der Waals surface area contributed by atoms with Crippen molar-refractivity contribution in [1.29, 1.82) is 0 Å². The molecule has 3 aromatic rings. The van der Waals surface area contributed by atoms with Crippen molar-refractivity contribution < 1.29 is 18.8 Å². The van der Waals surface area contributed by atoms with Gasteiger partial charge >= 0.3 is 5.97 Å². The van der Waals surface area contributed by atoms with Gasteiger partial charge in [0.15, 0.2) is 5.58 Å². The van der Waals surface area contributed by atoms with Crippen LogP contribution in [-0.2, 0) is 24.2 Å². The van der Waals surface area contributed by atoms with Crippen molar-refractivity contribution in [3.05, 3.63) is 57.1 Å². The first kappa shape index (κ1) is 31.9. The monoisotopic (exact) mass is 582 g/mol. The molecule has 0 bridgehead atoms. The van der Waals surface area contributed by atoms with Gasteiger partial charge in [-0.25, -0.2) is 9.37 Å². The van der Waals surface area contributed by atoms with Crippen molar-refractivity contribution in [3.8, 4) is 0 Å². The number of carbonyl (C=O) groups is 1. The summed E-state index contributed by atoms with van der Waals surface area (Å²) in [7, 11) is 0. The fourth-order valence-corrected chi connectivity index (χ4v) is 6.18. The number of unbranched alkanes of at least 4 members (excludes halogenated alkanes) is 6. The second kappa shape index (κ2) is 16.0. The third-order valence-electron chi connectivity index (χ3n) is 8.69. The fourth-order valence-electron chi connectivity index (χ4n) is 6.18. The average molecular weight is 583 g/mol. The minimum Gasteiger partial charge on any atom is -0.481 e. The molecule has 1 saturated heterocycles. The summed E-state index contributed by atoms with van der Waals surface area (Å²) in [5.74, 6) is 0.310. The standard InChI is InChI=1S/C23H27FN4O2.C10H20O2/c1-15-18(23(29)28-10-3-2-4-21(28)25-15)9-13-27-11-7-16(8-12-27)22-19-6-5-17(24)14-20(19)30-26-22;1-2-3-4-5-6-7-8-9-10(11)12/h5-6,14,16H,2-4,7-13H2,1H3;2-9H2,1H3,(H,11,12). The number of halogens is 1. The van der Waals surface area contributed by atoms with E-state index >= 15 is 0 Å². The zero-order valence-corrected chi connectivity index (χ0v) is 25.4. The fraction of sp³-hybridized carbons (Fsp3) is 0.636. The largest absolute Gasteiger partial charge is 0.481 e. The Hall–Kier alpha value is -3.07. The van der Waals surface area contributed by atoms with Gasteiger partial charge in [-0.3, -0.25) is 14.2 Å². The highest BCUT2D eigenvalue weighted by molar-refractivity contribution is 5.79. The van der Waals surface area contributed by atoms with E-state index in [9.17, 15) is 14.0 Å². The lowest BCUT2D eigenvalue weighted by Crippen LogP contribution is -2.37. The number of rotatable bonds is 12. The van der Waals surface area contributed by atoms with E-state index < -0.39 is 5.97 Å². The second-order valence-corrected chi connectivity index (χ2v) is 11.8. The Morgan fingerprint density at radius 1 is 1.07 bits per heavy atom. The highest BCUT2D eigenvalue weighted by Crippen LogP contribution is 2.32. The van der Waals surface area contributed by atoms with Crippen molar-refractivity contribution >= 4 is 16.9 Å². The van der Waals surface area contributed by atoms with Crippen LogP contribution in [0.3, 0.4) is 0 Å². The maximum absolute atomic E-state index is 13.4. The molecule has 0 radical (unpaired) electrons. The first-order valence-electron chi connectivity index (χ1n) is 16.0. The van der Waals surface area contributed by atoms with Crippen LogP contribution in [0.4, 0.5) is 4.39 Å². The van der Waals surface area contributed by atoms with Crippen molar-refractivity contribution in [2.75, 3.05) is 19.6 Å². The molecule has 9 heteroatoms. The Morgan fingerprint density at radius 2 is 1.81 bits per heavy atom. The number of fused-ring (bicyclic) bond motifs is 2. The van der Waals surface area contributed by atoms with Crippen LogP contribution >= 0.6 is 0 Å². The average Bonchev–Trinajstić information content (AvgIpc) is 3.40. The number of nitrogens with zero attached hydrogens (tertiary/aromatic N) is 4. The molecule has 0 unspecified atom stereocenters. The molecule has 42 heavy (non-hydrogen) atoms. The van der Waals surface area contributed by atoms with E-state index in [1.165, 1.54) is 44.2 Å². The maximum atomic E-state index is 13.4. The van der Waals surface area contributed by atoms with Crippen LogP contribution in [0.1, 0.15) is 113 Å². The smallest absolute Gasteiger partial charge is 0.303 e. The topological polar surface area (TPSA) is 101 Å². The van der Waals surface area contributed by atoms with Crippen molar-refractivity contribution in [2.24, 2.45) is 0 Å². The van der Waals surface area contributed by atoms with Crippen LogP contribution in [0, 0.1) is 12.7 Å². The molecule has 4 heterocycles. The molecule has 0 amide bonds. The van der Waals surface area contributed by atoms with E-state index in [4.69, 9.17) is 14.6 Å². The van der Waals surface area contributed by atoms with Gasteiger partial charge in [0, 0.05) is 54.6 Å². The molecule has 1 N–H and O–H groups in total. The first-order valence-corrected chi connectivity index (χ1v) is 16.0. The van der Waals surface area contributed by atoms with Crippen LogP contribution in [0.15, 0.2) is 27.5 Å². The highest BCUT2D eigenvalue weighted by Gasteiger charge is 2.26. The third-order valence-corrected chi connectivity index (χ3v) is 8.69. The summed E-state index contributed by atoms with van der Waals surface area (Å²) in [5, 5.41) is 13.5. The van der Waals surface area contributed by atoms with Crippen LogP contribution < -0.4 is 5.56 Å². The maximum Gasteiger partial charge on any atom is 0.303 e. The molecule has 2 aromatic heterocycles. The van der Waals surface area contributed by atoms with Gasteiger partial charge in [-0.1, -0.05) is 50.6 Å². The predicted octanol–water partition coefficient (Wildman–Crippen LogP) is 6.80. The quantitative estimate of drug-likeness (QED) is 0.234. The molecule has 1 aromatic carbocycles. The number of carboxylic acid groups (broad SMARTS) is 1. The summed E-state index contributed by atoms with van der Waals surface area (Å²) >= 11 is 0. The van der Waals surface area contributed by atoms with E-state index in [1.807, 2.05) is 11.5 Å². The van der Waals surface area contributed by atoms with Gasteiger partial charge in [0.1, 0.15) is 11.6 Å². The van der Waals surface area contributed by atoms with Crippen LogP contribution in [0.5, 0.6) is 0 Å². The van der Waals surface area contributed by atoms with Gasteiger partial charge in [-0.2, -0.15) is 0 Å². The number of piperidine rings is 1. The minimum absolute atomic E-state index is 0.161. The first-order chi connectivity index (χ1) is 20.4. The number of aryl methyl sites for hydroxylation is 2. The van der Waals surface area contributed by atoms with Crippen molar-refractivity contribution in [1.82, 2.24) is 19.6 Å². The SMILES string of the molecule is CCCCCCCCCC(=O)O.Cc1nc2n(c(=O)c1CCN1CCC(c3noc4cc(F)ccc34)CC1)CCCC2. The Labute approximate surface area is 248 Å². The third kappa shape index (κ3) is 8.72. The summed E-state index contributed by atoms with van der Waals surface area (Å²) in [6, 6.07) is 4.63. The number of aromatic nitrogens is 3. The minimum atomic E-state index is -0.663. The predicted molar refractivity (Wildman–Crippen MR) is 163 cm³/mol. The number of hydrogen-bond acceptors (Lipinski definition) is 6. The van der Waals surface area contributed by atoms with E-state index in [0.29, 0.717) is 17.9 Å². The van der Waals surface area contributed by atoms with Gasteiger partial charge in [-0.15, -0.1) is 0 Å². The van der Waals surface area contributed by atoms with Gasteiger partial charge in [0.05, 0.1) is 5.69 Å². The van der Waals surface area contributed by atoms with Crippen LogP contribution in [0.25, 0.3) is 11.0 Å². The summed E-state index contributed by atoms with van der Waals surface area (Å²) in [6.07, 6.45) is 14.5. The Kier molecular flexibility index (Phi) is 12.1. The summed E-state index contributed by atoms with van der Waals surface area (Å²) in [5.41, 5.74) is 3.38. The molecule has 2 aliphatic heterocycles. The molecule has 1 fully saturated rings. The van der Waals surface area contributed by atoms with E-state index in [0.717, 1.165) is 106 Å². The molecule has 8 nitrogen and oxygen atoms in total. The molecule has 0 atom stereocenters. The molecule has 230 valence electrons. The Balaban J connectivity index is 0.000000288. The van der Waals surface area contributed by atoms with Crippen molar-refractivity contribution in [2.45, 2.75) is 116 Å². The van der Waals surface area contributed by atoms with Crippen LogP contribution in [-0.4, -0.2) is 50.3 Å². The molecule has 0 saturated carbocycles. The van der Waals surface area contributed by atoms with Crippen molar-refractivity contribution in [3.63, 3.8) is 0 Å². The number of carboxylic acids is 1. The number of benzene rings is 1. The molecular weight excluding hydrogens is 535 g/mol. The Bertz CT molecular complexity index is 1360. The number of hydrogen-bond donors (Lipinski definition) is 1. The molecule has 5 rings (SSSR count). The summed E-state index contributed by atoms with van der Waals surface area (Å²) in [4.78, 5) is 30.2. The Morgan fingerprint density at radius 3 is 2.55 bits per heavy atom. The highest BCUT2D eigenvalue weighted by atomic mass is 19.1. The van der Waals surface area contributed by atoms with E-state index in [-0.39, 0.29) is 11.4 Å². The number of likely N-dealkylation sites (tertiary alicyclic amines) is 1. The van der Waals surface area contributed by atoms with Crippen LogP contribution in [0.2, 0.25) is 0 Å². The van der Waals surface area contributed by atoms with E-state index in [1.54, 1.807) is 6.07 Å².